The summed E-state index contributed by atoms with van der Waals surface area (Å²) in [6.07, 6.45) is 1.52. The Bertz CT molecular complexity index is 647. The number of tetrazole rings is 1. The third-order valence-electron chi connectivity index (χ3n) is 4.11. The van der Waals surface area contributed by atoms with Crippen molar-refractivity contribution in [3.8, 4) is 5.69 Å². The van der Waals surface area contributed by atoms with Gasteiger partial charge in [-0.3, -0.25) is 0 Å². The van der Waals surface area contributed by atoms with Crippen LogP contribution in [0.15, 0.2) is 24.3 Å². The van der Waals surface area contributed by atoms with E-state index in [0.29, 0.717) is 24.1 Å². The molecule has 3 rings (SSSR count). The van der Waals surface area contributed by atoms with E-state index in [1.807, 2.05) is 0 Å². The number of alkyl halides is 3. The summed E-state index contributed by atoms with van der Waals surface area (Å²) in [5.41, 5.74) is -0.401. The van der Waals surface area contributed by atoms with Crippen molar-refractivity contribution in [3.05, 3.63) is 35.7 Å². The van der Waals surface area contributed by atoms with E-state index in [9.17, 15) is 13.2 Å². The molecule has 0 saturated heterocycles. The summed E-state index contributed by atoms with van der Waals surface area (Å²) in [7, 11) is 0. The molecule has 2 aromatic rings. The zero-order valence-corrected chi connectivity index (χ0v) is 12.6. The van der Waals surface area contributed by atoms with Gasteiger partial charge in [-0.1, -0.05) is 25.3 Å². The van der Waals surface area contributed by atoms with Gasteiger partial charge in [0.05, 0.1) is 17.8 Å². The SMILES string of the molecule is FC(F)(F)c1cccc(-n2nnnc2CNC2CCCCC2)c1. The number of benzene rings is 1. The molecular weight excluding hydrogens is 307 g/mol. The lowest BCUT2D eigenvalue weighted by Gasteiger charge is -2.22. The molecule has 1 aliphatic carbocycles. The lowest BCUT2D eigenvalue weighted by atomic mass is 9.95. The van der Waals surface area contributed by atoms with Crippen molar-refractivity contribution in [3.63, 3.8) is 0 Å². The van der Waals surface area contributed by atoms with Crippen molar-refractivity contribution in [1.82, 2.24) is 25.5 Å². The van der Waals surface area contributed by atoms with E-state index in [1.54, 1.807) is 6.07 Å². The highest BCUT2D eigenvalue weighted by atomic mass is 19.4. The summed E-state index contributed by atoms with van der Waals surface area (Å²) in [6, 6.07) is 5.44. The summed E-state index contributed by atoms with van der Waals surface area (Å²) in [4.78, 5) is 0. The van der Waals surface area contributed by atoms with Gasteiger partial charge < -0.3 is 5.32 Å². The van der Waals surface area contributed by atoms with E-state index in [4.69, 9.17) is 0 Å². The normalized spacial score (nSPS) is 16.7. The van der Waals surface area contributed by atoms with Crippen LogP contribution in [0.1, 0.15) is 43.5 Å². The summed E-state index contributed by atoms with van der Waals surface area (Å²) in [5, 5.41) is 14.7. The fraction of sp³-hybridized carbons (Fsp3) is 0.533. The third kappa shape index (κ3) is 3.87. The molecule has 23 heavy (non-hydrogen) atoms. The lowest BCUT2D eigenvalue weighted by Crippen LogP contribution is -2.31. The topological polar surface area (TPSA) is 55.6 Å². The van der Waals surface area contributed by atoms with Crippen LogP contribution in [0.3, 0.4) is 0 Å². The molecular formula is C15H18F3N5. The number of nitrogens with zero attached hydrogens (tertiary/aromatic N) is 4. The summed E-state index contributed by atoms with van der Waals surface area (Å²) < 4.78 is 39.8. The second kappa shape index (κ2) is 6.66. The number of halogens is 3. The second-order valence-electron chi connectivity index (χ2n) is 5.77. The summed E-state index contributed by atoms with van der Waals surface area (Å²) in [6.45, 7) is 0.438. The molecule has 0 aliphatic heterocycles. The standard InChI is InChI=1S/C15H18F3N5/c16-15(17,18)11-5-4-8-13(9-11)23-14(20-21-22-23)10-19-12-6-2-1-3-7-12/h4-5,8-9,12,19H,1-3,6-7,10H2. The van der Waals surface area contributed by atoms with Crippen LogP contribution in [0.25, 0.3) is 5.69 Å². The molecule has 1 aliphatic rings. The molecule has 5 nitrogen and oxygen atoms in total. The first kappa shape index (κ1) is 15.9. The van der Waals surface area contributed by atoms with Crippen LogP contribution < -0.4 is 5.32 Å². The molecule has 1 N–H and O–H groups in total. The van der Waals surface area contributed by atoms with E-state index >= 15 is 0 Å². The maximum atomic E-state index is 12.8. The van der Waals surface area contributed by atoms with Crippen molar-refractivity contribution < 1.29 is 13.2 Å². The number of rotatable bonds is 4. The Morgan fingerprint density at radius 2 is 1.96 bits per heavy atom. The van der Waals surface area contributed by atoms with E-state index in [-0.39, 0.29) is 0 Å². The second-order valence-corrected chi connectivity index (χ2v) is 5.77. The van der Waals surface area contributed by atoms with Gasteiger partial charge in [0.15, 0.2) is 5.82 Å². The van der Waals surface area contributed by atoms with Crippen LogP contribution in [-0.2, 0) is 12.7 Å². The predicted molar refractivity (Wildman–Crippen MR) is 77.9 cm³/mol. The van der Waals surface area contributed by atoms with Gasteiger partial charge in [-0.15, -0.1) is 5.10 Å². The molecule has 0 radical (unpaired) electrons. The van der Waals surface area contributed by atoms with Crippen molar-refractivity contribution in [2.45, 2.75) is 50.9 Å². The van der Waals surface area contributed by atoms with Crippen molar-refractivity contribution in [2.24, 2.45) is 0 Å². The van der Waals surface area contributed by atoms with Gasteiger partial charge in [-0.2, -0.15) is 17.9 Å². The zero-order chi connectivity index (χ0) is 16.3. The van der Waals surface area contributed by atoms with Gasteiger partial charge >= 0.3 is 6.18 Å². The fourth-order valence-corrected chi connectivity index (χ4v) is 2.87. The Kier molecular flexibility index (Phi) is 4.61. The summed E-state index contributed by atoms with van der Waals surface area (Å²) >= 11 is 0. The number of aromatic nitrogens is 4. The van der Waals surface area contributed by atoms with Crippen LogP contribution in [-0.4, -0.2) is 26.2 Å². The molecule has 0 bridgehead atoms. The number of hydrogen-bond acceptors (Lipinski definition) is 4. The minimum Gasteiger partial charge on any atom is -0.307 e. The maximum Gasteiger partial charge on any atom is 0.416 e. The first-order chi connectivity index (χ1) is 11.0. The van der Waals surface area contributed by atoms with Crippen LogP contribution >= 0.6 is 0 Å². The molecule has 0 spiro atoms. The molecule has 1 aromatic heterocycles. The Hall–Kier alpha value is -1.96. The average Bonchev–Trinajstić information content (AvgIpc) is 3.02. The van der Waals surface area contributed by atoms with Gasteiger partial charge in [0.2, 0.25) is 0 Å². The first-order valence-electron chi connectivity index (χ1n) is 7.72. The van der Waals surface area contributed by atoms with Crippen molar-refractivity contribution >= 4 is 0 Å². The van der Waals surface area contributed by atoms with Gasteiger partial charge in [-0.05, 0) is 41.5 Å². The molecule has 0 unspecified atom stereocenters. The van der Waals surface area contributed by atoms with E-state index in [1.165, 1.54) is 30.0 Å². The Morgan fingerprint density at radius 3 is 2.70 bits per heavy atom. The number of nitrogens with one attached hydrogen (secondary N) is 1. The van der Waals surface area contributed by atoms with E-state index in [2.05, 4.69) is 20.8 Å². The Morgan fingerprint density at radius 1 is 1.17 bits per heavy atom. The van der Waals surface area contributed by atoms with Crippen LogP contribution in [0.2, 0.25) is 0 Å². The highest BCUT2D eigenvalue weighted by molar-refractivity contribution is 5.36. The first-order valence-corrected chi connectivity index (χ1v) is 7.72. The highest BCUT2D eigenvalue weighted by Crippen LogP contribution is 2.30. The Balaban J connectivity index is 1.75. The molecule has 124 valence electrons. The van der Waals surface area contributed by atoms with E-state index < -0.39 is 11.7 Å². The quantitative estimate of drug-likeness (QED) is 0.938. The predicted octanol–water partition coefficient (Wildman–Crippen LogP) is 3.10. The lowest BCUT2D eigenvalue weighted by molar-refractivity contribution is -0.137. The number of hydrogen-bond donors (Lipinski definition) is 1. The van der Waals surface area contributed by atoms with Crippen molar-refractivity contribution in [1.29, 1.82) is 0 Å². The van der Waals surface area contributed by atoms with Crippen LogP contribution in [0.5, 0.6) is 0 Å². The van der Waals surface area contributed by atoms with Crippen LogP contribution in [0, 0.1) is 0 Å². The zero-order valence-electron chi connectivity index (χ0n) is 12.6. The minimum atomic E-state index is -4.38. The highest BCUT2D eigenvalue weighted by Gasteiger charge is 2.30. The maximum absolute atomic E-state index is 12.8. The minimum absolute atomic E-state index is 0.310. The van der Waals surface area contributed by atoms with Gasteiger partial charge in [0.1, 0.15) is 0 Å². The smallest absolute Gasteiger partial charge is 0.307 e. The largest absolute Gasteiger partial charge is 0.416 e. The van der Waals surface area contributed by atoms with Gasteiger partial charge in [-0.25, -0.2) is 0 Å². The molecule has 0 amide bonds. The third-order valence-corrected chi connectivity index (χ3v) is 4.11. The van der Waals surface area contributed by atoms with Crippen molar-refractivity contribution in [2.75, 3.05) is 0 Å². The molecule has 8 heteroatoms. The molecule has 1 aromatic carbocycles. The average molecular weight is 325 g/mol. The molecule has 1 heterocycles. The summed E-state index contributed by atoms with van der Waals surface area (Å²) in [5.74, 6) is 0.509. The van der Waals surface area contributed by atoms with E-state index in [0.717, 1.165) is 25.0 Å². The molecule has 1 fully saturated rings. The Labute approximate surface area is 131 Å². The molecule has 0 atom stereocenters. The monoisotopic (exact) mass is 325 g/mol. The van der Waals surface area contributed by atoms with Gasteiger partial charge in [0, 0.05) is 6.04 Å². The van der Waals surface area contributed by atoms with Crippen LogP contribution in [0.4, 0.5) is 13.2 Å². The molecule has 1 saturated carbocycles. The fourth-order valence-electron chi connectivity index (χ4n) is 2.87. The van der Waals surface area contributed by atoms with Gasteiger partial charge in [0.25, 0.3) is 0 Å².